The molecule has 0 heterocycles. The number of thioether (sulfide) groups is 1. The van der Waals surface area contributed by atoms with Crippen molar-refractivity contribution in [3.8, 4) is 0 Å². The van der Waals surface area contributed by atoms with E-state index in [-0.39, 0.29) is 5.69 Å². The van der Waals surface area contributed by atoms with Crippen molar-refractivity contribution < 1.29 is 9.72 Å². The van der Waals surface area contributed by atoms with E-state index >= 15 is 0 Å². The molecule has 3 N–H and O–H groups in total. The number of nitrogens with one attached hydrogen (secondary N) is 1. The van der Waals surface area contributed by atoms with Gasteiger partial charge < -0.3 is 11.1 Å². The third kappa shape index (κ3) is 4.01. The predicted molar refractivity (Wildman–Crippen MR) is 70.5 cm³/mol. The highest BCUT2D eigenvalue weighted by Crippen LogP contribution is 2.29. The van der Waals surface area contributed by atoms with Gasteiger partial charge in [0.25, 0.3) is 5.69 Å². The highest BCUT2D eigenvalue weighted by Gasteiger charge is 2.15. The second-order valence-corrected chi connectivity index (χ2v) is 4.74. The monoisotopic (exact) mass is 269 g/mol. The summed E-state index contributed by atoms with van der Waals surface area (Å²) in [6, 6.07) is 6.13. The Morgan fingerprint density at radius 2 is 2.22 bits per heavy atom. The van der Waals surface area contributed by atoms with Gasteiger partial charge in [-0.15, -0.1) is 11.8 Å². The first kappa shape index (κ1) is 14.5. The molecule has 0 aromatic heterocycles. The molecule has 1 amide bonds. The molecule has 0 aliphatic carbocycles. The first-order valence-electron chi connectivity index (χ1n) is 5.39. The van der Waals surface area contributed by atoms with Crippen molar-refractivity contribution in [2.24, 2.45) is 5.73 Å². The third-order valence-electron chi connectivity index (χ3n) is 2.42. The van der Waals surface area contributed by atoms with Gasteiger partial charge in [-0.2, -0.15) is 0 Å². The van der Waals surface area contributed by atoms with E-state index in [1.165, 1.54) is 17.8 Å². The highest BCUT2D eigenvalue weighted by atomic mass is 32.2. The molecule has 6 nitrogen and oxygen atoms in total. The maximum Gasteiger partial charge on any atom is 0.282 e. The molecule has 0 bridgehead atoms. The van der Waals surface area contributed by atoms with Crippen LogP contribution in [0.1, 0.15) is 6.42 Å². The number of nitrogens with zero attached hydrogens (tertiary/aromatic N) is 1. The number of likely N-dealkylation sites (N-methyl/N-ethyl adjacent to an activating group) is 1. The second-order valence-electron chi connectivity index (χ2n) is 3.61. The largest absolute Gasteiger partial charge is 0.368 e. The third-order valence-corrected chi connectivity index (χ3v) is 3.51. The molecule has 1 unspecified atom stereocenters. The van der Waals surface area contributed by atoms with Gasteiger partial charge in [0.05, 0.1) is 15.9 Å². The number of nitro benzene ring substituents is 1. The molecule has 0 saturated carbocycles. The smallest absolute Gasteiger partial charge is 0.282 e. The molecule has 0 radical (unpaired) electrons. The Morgan fingerprint density at radius 3 is 2.78 bits per heavy atom. The van der Waals surface area contributed by atoms with Gasteiger partial charge in [0, 0.05) is 11.8 Å². The van der Waals surface area contributed by atoms with Crippen molar-refractivity contribution in [3.05, 3.63) is 34.4 Å². The number of benzene rings is 1. The second kappa shape index (κ2) is 6.97. The standard InChI is InChI=1S/C11H15N3O3S/c1-13-8(11(12)15)6-7-18-10-5-3-2-4-9(10)14(16)17/h2-5,8,13H,6-7H2,1H3,(H2,12,15). The number of carbonyl (C=O) groups is 1. The maximum atomic E-state index is 11.0. The summed E-state index contributed by atoms with van der Waals surface area (Å²) < 4.78 is 0. The molecular weight excluding hydrogens is 254 g/mol. The van der Waals surface area contributed by atoms with Crippen LogP contribution in [0.2, 0.25) is 0 Å². The van der Waals surface area contributed by atoms with Gasteiger partial charge in [0.2, 0.25) is 5.91 Å². The SMILES string of the molecule is CNC(CCSc1ccccc1[N+](=O)[O-])C(N)=O. The van der Waals surface area contributed by atoms with Gasteiger partial charge in [-0.1, -0.05) is 12.1 Å². The zero-order valence-electron chi connectivity index (χ0n) is 9.96. The normalized spacial score (nSPS) is 12.1. The lowest BCUT2D eigenvalue weighted by molar-refractivity contribution is -0.387. The van der Waals surface area contributed by atoms with Crippen molar-refractivity contribution >= 4 is 23.4 Å². The summed E-state index contributed by atoms with van der Waals surface area (Å²) in [7, 11) is 1.66. The molecule has 0 aliphatic rings. The van der Waals surface area contributed by atoms with Crippen LogP contribution in [0, 0.1) is 10.1 Å². The van der Waals surface area contributed by atoms with E-state index in [0.717, 1.165) is 0 Å². The first-order valence-corrected chi connectivity index (χ1v) is 6.37. The zero-order chi connectivity index (χ0) is 13.5. The van der Waals surface area contributed by atoms with E-state index in [4.69, 9.17) is 5.73 Å². The number of primary amides is 1. The van der Waals surface area contributed by atoms with Gasteiger partial charge in [-0.3, -0.25) is 14.9 Å². The summed E-state index contributed by atoms with van der Waals surface area (Å²) in [5.74, 6) is 0.167. The van der Waals surface area contributed by atoms with Crippen LogP contribution in [-0.2, 0) is 4.79 Å². The Bertz CT molecular complexity index is 439. The molecule has 0 saturated heterocycles. The Balaban J connectivity index is 2.59. The van der Waals surface area contributed by atoms with Crippen LogP contribution < -0.4 is 11.1 Å². The molecule has 0 fully saturated rings. The highest BCUT2D eigenvalue weighted by molar-refractivity contribution is 7.99. The van der Waals surface area contributed by atoms with Gasteiger partial charge in [-0.25, -0.2) is 0 Å². The quantitative estimate of drug-likeness (QED) is 0.439. The maximum absolute atomic E-state index is 11.0. The summed E-state index contributed by atoms with van der Waals surface area (Å²) in [6.07, 6.45) is 0.530. The van der Waals surface area contributed by atoms with Crippen LogP contribution in [0.3, 0.4) is 0 Å². The molecular formula is C11H15N3O3S. The first-order chi connectivity index (χ1) is 8.56. The Morgan fingerprint density at radius 1 is 1.56 bits per heavy atom. The summed E-state index contributed by atoms with van der Waals surface area (Å²) in [4.78, 5) is 22.0. The van der Waals surface area contributed by atoms with E-state index in [2.05, 4.69) is 5.32 Å². The molecule has 98 valence electrons. The van der Waals surface area contributed by atoms with Crippen LogP contribution >= 0.6 is 11.8 Å². The van der Waals surface area contributed by atoms with Crippen molar-refractivity contribution in [1.82, 2.24) is 5.32 Å². The zero-order valence-corrected chi connectivity index (χ0v) is 10.8. The molecule has 0 spiro atoms. The molecule has 1 atom stereocenters. The molecule has 0 aliphatic heterocycles. The molecule has 1 aromatic carbocycles. The Labute approximate surface area is 109 Å². The predicted octanol–water partition coefficient (Wildman–Crippen LogP) is 1.15. The summed E-state index contributed by atoms with van der Waals surface area (Å²) in [5, 5.41) is 13.6. The van der Waals surface area contributed by atoms with Crippen molar-refractivity contribution in [3.63, 3.8) is 0 Å². The average Bonchev–Trinajstić information content (AvgIpc) is 2.34. The van der Waals surface area contributed by atoms with Gasteiger partial charge in [0.15, 0.2) is 0 Å². The van der Waals surface area contributed by atoms with Crippen LogP contribution in [0.15, 0.2) is 29.2 Å². The number of rotatable bonds is 7. The number of nitrogens with two attached hydrogens (primary N) is 1. The molecule has 7 heteroatoms. The number of amides is 1. The van der Waals surface area contributed by atoms with E-state index in [9.17, 15) is 14.9 Å². The van der Waals surface area contributed by atoms with E-state index in [1.54, 1.807) is 25.2 Å². The minimum atomic E-state index is -0.416. The topological polar surface area (TPSA) is 98.3 Å². The fourth-order valence-electron chi connectivity index (χ4n) is 1.45. The Hall–Kier alpha value is -1.60. The van der Waals surface area contributed by atoms with Crippen LogP contribution in [0.25, 0.3) is 0 Å². The summed E-state index contributed by atoms with van der Waals surface area (Å²) in [6.45, 7) is 0. The van der Waals surface area contributed by atoms with Crippen molar-refractivity contribution in [1.29, 1.82) is 0 Å². The van der Waals surface area contributed by atoms with Crippen LogP contribution in [-0.4, -0.2) is 29.7 Å². The molecule has 18 heavy (non-hydrogen) atoms. The number of para-hydroxylation sites is 1. The summed E-state index contributed by atoms with van der Waals surface area (Å²) in [5.41, 5.74) is 5.27. The van der Waals surface area contributed by atoms with Crippen molar-refractivity contribution in [2.75, 3.05) is 12.8 Å². The minimum Gasteiger partial charge on any atom is -0.368 e. The molecule has 1 aromatic rings. The lowest BCUT2D eigenvalue weighted by atomic mass is 10.2. The average molecular weight is 269 g/mol. The van der Waals surface area contributed by atoms with Crippen molar-refractivity contribution in [2.45, 2.75) is 17.4 Å². The van der Waals surface area contributed by atoms with Crippen LogP contribution in [0.4, 0.5) is 5.69 Å². The number of hydrogen-bond donors (Lipinski definition) is 2. The molecule has 1 rings (SSSR count). The number of nitro groups is 1. The minimum absolute atomic E-state index is 0.0857. The number of hydrogen-bond acceptors (Lipinski definition) is 5. The van der Waals surface area contributed by atoms with E-state index in [1.807, 2.05) is 0 Å². The van der Waals surface area contributed by atoms with Gasteiger partial charge in [-0.05, 0) is 19.5 Å². The van der Waals surface area contributed by atoms with Gasteiger partial charge in [0.1, 0.15) is 0 Å². The summed E-state index contributed by atoms with van der Waals surface area (Å²) >= 11 is 1.35. The number of carbonyl (C=O) groups excluding carboxylic acids is 1. The lowest BCUT2D eigenvalue weighted by Gasteiger charge is -2.11. The van der Waals surface area contributed by atoms with Crippen LogP contribution in [0.5, 0.6) is 0 Å². The fraction of sp³-hybridized carbons (Fsp3) is 0.364. The van der Waals surface area contributed by atoms with E-state index in [0.29, 0.717) is 17.1 Å². The van der Waals surface area contributed by atoms with E-state index < -0.39 is 16.9 Å². The van der Waals surface area contributed by atoms with Gasteiger partial charge >= 0.3 is 0 Å². The lowest BCUT2D eigenvalue weighted by Crippen LogP contribution is -2.39. The Kier molecular flexibility index (Phi) is 5.60. The fourth-order valence-corrected chi connectivity index (χ4v) is 2.48.